The van der Waals surface area contributed by atoms with Gasteiger partial charge >= 0.3 is 0 Å². The number of aromatic nitrogens is 1. The van der Waals surface area contributed by atoms with Gasteiger partial charge in [-0.15, -0.1) is 0 Å². The summed E-state index contributed by atoms with van der Waals surface area (Å²) < 4.78 is 0. The fraction of sp³-hybridized carbons (Fsp3) is 0.533. The normalized spacial score (nSPS) is 11.2. The molecule has 5 nitrogen and oxygen atoms in total. The lowest BCUT2D eigenvalue weighted by Crippen LogP contribution is -2.25. The molecule has 0 aliphatic heterocycles. The van der Waals surface area contributed by atoms with Crippen LogP contribution in [-0.4, -0.2) is 67.6 Å². The molecule has 1 aromatic heterocycles. The molecule has 0 fully saturated rings. The maximum Gasteiger partial charge on any atom is 0.178 e. The maximum absolute atomic E-state index is 12.2. The Morgan fingerprint density at radius 3 is 1.55 bits per heavy atom. The third-order valence-corrected chi connectivity index (χ3v) is 2.92. The summed E-state index contributed by atoms with van der Waals surface area (Å²) in [6.45, 7) is 4.23. The van der Waals surface area contributed by atoms with Gasteiger partial charge < -0.3 is 9.80 Å². The van der Waals surface area contributed by atoms with Crippen molar-refractivity contribution in [3.8, 4) is 0 Å². The SMILES string of the molecule is Cc1nc(C)c(C(=O)CN(C)C)cc1C(=O)CN(C)C. The Balaban J connectivity index is 3.15. The number of Topliss-reactive ketones (excluding diaryl/α,β-unsaturated/α-hetero) is 2. The van der Waals surface area contributed by atoms with Crippen LogP contribution in [-0.2, 0) is 0 Å². The maximum atomic E-state index is 12.2. The van der Waals surface area contributed by atoms with Crippen LogP contribution >= 0.6 is 0 Å². The van der Waals surface area contributed by atoms with E-state index in [9.17, 15) is 9.59 Å². The monoisotopic (exact) mass is 277 g/mol. The van der Waals surface area contributed by atoms with E-state index < -0.39 is 0 Å². The molecule has 0 saturated carbocycles. The first-order chi connectivity index (χ1) is 9.22. The molecule has 0 unspecified atom stereocenters. The molecule has 0 bridgehead atoms. The third-order valence-electron chi connectivity index (χ3n) is 2.92. The smallest absolute Gasteiger partial charge is 0.178 e. The number of pyridine rings is 1. The van der Waals surface area contributed by atoms with Crippen LogP contribution in [0.15, 0.2) is 6.07 Å². The molecule has 20 heavy (non-hydrogen) atoms. The summed E-state index contributed by atoms with van der Waals surface area (Å²) in [6.07, 6.45) is 0. The number of hydrogen-bond acceptors (Lipinski definition) is 5. The molecular formula is C15H23N3O2. The number of likely N-dealkylation sites (N-methyl/N-ethyl adjacent to an activating group) is 2. The summed E-state index contributed by atoms with van der Waals surface area (Å²) in [4.78, 5) is 32.3. The van der Waals surface area contributed by atoms with Crippen molar-refractivity contribution < 1.29 is 9.59 Å². The van der Waals surface area contributed by atoms with E-state index in [1.165, 1.54) is 0 Å². The van der Waals surface area contributed by atoms with Crippen molar-refractivity contribution >= 4 is 11.6 Å². The van der Waals surface area contributed by atoms with Gasteiger partial charge in [-0.05, 0) is 48.1 Å². The van der Waals surface area contributed by atoms with Gasteiger partial charge in [0, 0.05) is 22.5 Å². The van der Waals surface area contributed by atoms with E-state index in [1.807, 2.05) is 38.0 Å². The molecule has 1 aromatic rings. The molecule has 0 aliphatic rings. The number of aryl methyl sites for hydroxylation is 2. The van der Waals surface area contributed by atoms with Crippen molar-refractivity contribution in [2.75, 3.05) is 41.3 Å². The Hall–Kier alpha value is -1.59. The Labute approximate surface area is 120 Å². The largest absolute Gasteiger partial charge is 0.302 e. The molecule has 0 amide bonds. The number of ketones is 2. The molecule has 1 heterocycles. The Kier molecular flexibility index (Phi) is 5.53. The Morgan fingerprint density at radius 1 is 0.900 bits per heavy atom. The third kappa shape index (κ3) is 4.21. The van der Waals surface area contributed by atoms with Gasteiger partial charge in [-0.2, -0.15) is 0 Å². The van der Waals surface area contributed by atoms with Crippen molar-refractivity contribution in [3.63, 3.8) is 0 Å². The lowest BCUT2D eigenvalue weighted by molar-refractivity contribution is 0.0956. The molecule has 5 heteroatoms. The van der Waals surface area contributed by atoms with E-state index in [0.29, 0.717) is 35.6 Å². The van der Waals surface area contributed by atoms with Crippen molar-refractivity contribution in [3.05, 3.63) is 28.6 Å². The first-order valence-electron chi connectivity index (χ1n) is 6.56. The topological polar surface area (TPSA) is 53.5 Å². The molecule has 0 radical (unpaired) electrons. The van der Waals surface area contributed by atoms with Gasteiger partial charge in [-0.25, -0.2) is 0 Å². The molecular weight excluding hydrogens is 254 g/mol. The van der Waals surface area contributed by atoms with Crippen molar-refractivity contribution in [1.82, 2.24) is 14.8 Å². The van der Waals surface area contributed by atoms with E-state index in [0.717, 1.165) is 0 Å². The summed E-state index contributed by atoms with van der Waals surface area (Å²) >= 11 is 0. The average molecular weight is 277 g/mol. The van der Waals surface area contributed by atoms with Gasteiger partial charge in [-0.3, -0.25) is 14.6 Å². The number of hydrogen-bond donors (Lipinski definition) is 0. The zero-order chi connectivity index (χ0) is 15.4. The van der Waals surface area contributed by atoms with Gasteiger partial charge in [-0.1, -0.05) is 0 Å². The van der Waals surface area contributed by atoms with Crippen LogP contribution in [0.3, 0.4) is 0 Å². The zero-order valence-corrected chi connectivity index (χ0v) is 13.1. The lowest BCUT2D eigenvalue weighted by atomic mass is 10.0. The highest BCUT2D eigenvalue weighted by Gasteiger charge is 2.18. The second kappa shape index (κ2) is 6.72. The summed E-state index contributed by atoms with van der Waals surface area (Å²) in [5.41, 5.74) is 2.42. The van der Waals surface area contributed by atoms with Crippen LogP contribution in [0.4, 0.5) is 0 Å². The van der Waals surface area contributed by atoms with Gasteiger partial charge in [0.25, 0.3) is 0 Å². The second-order valence-electron chi connectivity index (χ2n) is 5.58. The Morgan fingerprint density at radius 2 is 1.25 bits per heavy atom. The molecule has 0 N–H and O–H groups in total. The summed E-state index contributed by atoms with van der Waals surface area (Å²) in [5, 5.41) is 0. The Bertz CT molecular complexity index is 479. The van der Waals surface area contributed by atoms with Crippen molar-refractivity contribution in [1.29, 1.82) is 0 Å². The minimum atomic E-state index is -0.0149. The minimum absolute atomic E-state index is 0.0149. The van der Waals surface area contributed by atoms with E-state index in [-0.39, 0.29) is 11.6 Å². The minimum Gasteiger partial charge on any atom is -0.302 e. The molecule has 0 spiro atoms. The van der Waals surface area contributed by atoms with Crippen LogP contribution in [0.1, 0.15) is 32.1 Å². The van der Waals surface area contributed by atoms with E-state index in [4.69, 9.17) is 0 Å². The van der Waals surface area contributed by atoms with Crippen LogP contribution in [0.2, 0.25) is 0 Å². The molecule has 0 atom stereocenters. The number of carbonyl (C=O) groups excluding carboxylic acids is 2. The van der Waals surface area contributed by atoms with E-state index >= 15 is 0 Å². The van der Waals surface area contributed by atoms with Crippen molar-refractivity contribution in [2.45, 2.75) is 13.8 Å². The van der Waals surface area contributed by atoms with Gasteiger partial charge in [0.15, 0.2) is 11.6 Å². The number of nitrogens with zero attached hydrogens (tertiary/aromatic N) is 3. The standard InChI is InChI=1S/C15H23N3O2/c1-10-12(14(19)8-17(3)4)7-13(11(2)16-10)15(20)9-18(5)6/h7H,8-9H2,1-6H3. The lowest BCUT2D eigenvalue weighted by Gasteiger charge is -2.14. The highest BCUT2D eigenvalue weighted by molar-refractivity contribution is 6.03. The summed E-state index contributed by atoms with van der Waals surface area (Å²) in [6, 6.07) is 1.69. The van der Waals surface area contributed by atoms with Crippen LogP contribution in [0.5, 0.6) is 0 Å². The van der Waals surface area contributed by atoms with Gasteiger partial charge in [0.05, 0.1) is 13.1 Å². The highest BCUT2D eigenvalue weighted by Crippen LogP contribution is 2.14. The number of carbonyl (C=O) groups is 2. The fourth-order valence-electron chi connectivity index (χ4n) is 2.03. The number of rotatable bonds is 6. The van der Waals surface area contributed by atoms with Crippen molar-refractivity contribution in [2.24, 2.45) is 0 Å². The first-order valence-corrected chi connectivity index (χ1v) is 6.56. The quantitative estimate of drug-likeness (QED) is 0.731. The summed E-state index contributed by atoms with van der Waals surface area (Å²) in [5.74, 6) is -0.0298. The predicted octanol–water partition coefficient (Wildman–Crippen LogP) is 1.19. The molecule has 0 saturated heterocycles. The van der Waals surface area contributed by atoms with E-state index in [1.54, 1.807) is 19.9 Å². The highest BCUT2D eigenvalue weighted by atomic mass is 16.1. The fourth-order valence-corrected chi connectivity index (χ4v) is 2.03. The van der Waals surface area contributed by atoms with Crippen LogP contribution in [0.25, 0.3) is 0 Å². The average Bonchev–Trinajstić information content (AvgIpc) is 2.26. The summed E-state index contributed by atoms with van der Waals surface area (Å²) in [7, 11) is 7.36. The van der Waals surface area contributed by atoms with Crippen LogP contribution < -0.4 is 0 Å². The predicted molar refractivity (Wildman–Crippen MR) is 79.5 cm³/mol. The first kappa shape index (κ1) is 16.5. The molecule has 0 aliphatic carbocycles. The molecule has 0 aromatic carbocycles. The van der Waals surface area contributed by atoms with Crippen LogP contribution in [0, 0.1) is 13.8 Å². The van der Waals surface area contributed by atoms with E-state index in [2.05, 4.69) is 4.98 Å². The zero-order valence-electron chi connectivity index (χ0n) is 13.1. The van der Waals surface area contributed by atoms with Gasteiger partial charge in [0.1, 0.15) is 0 Å². The second-order valence-corrected chi connectivity index (χ2v) is 5.58. The molecule has 110 valence electrons. The van der Waals surface area contributed by atoms with Gasteiger partial charge in [0.2, 0.25) is 0 Å². The molecule has 1 rings (SSSR count).